The molecule has 0 fully saturated rings. The van der Waals surface area contributed by atoms with Crippen molar-refractivity contribution in [2.45, 2.75) is 6.18 Å². The average Bonchev–Trinajstić information content (AvgIpc) is 1.85. The van der Waals surface area contributed by atoms with Crippen molar-refractivity contribution in [2.75, 3.05) is 19.5 Å². The first-order valence-corrected chi connectivity index (χ1v) is 3.31. The fraction of sp³-hybridized carbons (Fsp3) is 0.800. The Hall–Kier alpha value is -0.450. The van der Waals surface area contributed by atoms with Gasteiger partial charge in [-0.05, 0) is 0 Å². The average molecular weight is 190 g/mol. The zero-order chi connectivity index (χ0) is 9.07. The van der Waals surface area contributed by atoms with Gasteiger partial charge in [-0.15, -0.1) is 11.6 Å². The van der Waals surface area contributed by atoms with Gasteiger partial charge in [0.1, 0.15) is 0 Å². The zero-order valence-electron chi connectivity index (χ0n) is 5.78. The number of halogens is 4. The van der Waals surface area contributed by atoms with Crippen molar-refractivity contribution in [3.8, 4) is 0 Å². The molecule has 11 heavy (non-hydrogen) atoms. The van der Waals surface area contributed by atoms with Gasteiger partial charge in [-0.3, -0.25) is 4.79 Å². The van der Waals surface area contributed by atoms with E-state index in [9.17, 15) is 18.0 Å². The summed E-state index contributed by atoms with van der Waals surface area (Å²) in [6.45, 7) is -0.0973. The lowest BCUT2D eigenvalue weighted by Gasteiger charge is -2.16. The van der Waals surface area contributed by atoms with Crippen LogP contribution in [0.1, 0.15) is 0 Å². The summed E-state index contributed by atoms with van der Waals surface area (Å²) in [5.74, 6) is -1.86. The molecule has 66 valence electrons. The molecule has 6 heteroatoms. The molecule has 2 nitrogen and oxygen atoms in total. The van der Waals surface area contributed by atoms with Crippen LogP contribution in [0.15, 0.2) is 0 Å². The van der Waals surface area contributed by atoms with E-state index in [4.69, 9.17) is 11.6 Å². The second kappa shape index (κ2) is 3.80. The Morgan fingerprint density at radius 1 is 1.55 bits per heavy atom. The third-order valence-electron chi connectivity index (χ3n) is 1.01. The molecule has 0 aromatic rings. The lowest BCUT2D eigenvalue weighted by atomic mass is 10.5. The highest BCUT2D eigenvalue weighted by Crippen LogP contribution is 2.17. The third-order valence-corrected chi connectivity index (χ3v) is 1.18. The van der Waals surface area contributed by atoms with Crippen LogP contribution >= 0.6 is 11.6 Å². The van der Waals surface area contributed by atoms with Gasteiger partial charge >= 0.3 is 12.1 Å². The maximum atomic E-state index is 11.6. The Balaban J connectivity index is 4.03. The van der Waals surface area contributed by atoms with Crippen molar-refractivity contribution in [3.05, 3.63) is 0 Å². The van der Waals surface area contributed by atoms with E-state index in [1.54, 1.807) is 0 Å². The van der Waals surface area contributed by atoms with Gasteiger partial charge in [0.15, 0.2) is 0 Å². The summed E-state index contributed by atoms with van der Waals surface area (Å²) in [5, 5.41) is 0. The Labute approximate surface area is 66.9 Å². The molecule has 0 saturated heterocycles. The molecule has 0 aliphatic heterocycles. The molecule has 0 unspecified atom stereocenters. The van der Waals surface area contributed by atoms with Crippen LogP contribution in [0.5, 0.6) is 0 Å². The Bertz CT molecular complexity index is 147. The summed E-state index contributed by atoms with van der Waals surface area (Å²) in [5.41, 5.74) is 0. The van der Waals surface area contributed by atoms with E-state index in [2.05, 4.69) is 0 Å². The highest BCUT2D eigenvalue weighted by Gasteiger charge is 2.40. The zero-order valence-corrected chi connectivity index (χ0v) is 6.54. The first-order valence-electron chi connectivity index (χ1n) is 2.78. The Morgan fingerprint density at radius 2 is 2.00 bits per heavy atom. The van der Waals surface area contributed by atoms with Gasteiger partial charge in [-0.25, -0.2) is 0 Å². The largest absolute Gasteiger partial charge is 0.471 e. The van der Waals surface area contributed by atoms with Crippen LogP contribution in [0.25, 0.3) is 0 Å². The Morgan fingerprint density at radius 3 is 2.27 bits per heavy atom. The number of rotatable bonds is 2. The summed E-state index contributed by atoms with van der Waals surface area (Å²) >= 11 is 5.13. The monoisotopic (exact) mass is 189 g/mol. The van der Waals surface area contributed by atoms with Crippen molar-refractivity contribution in [1.29, 1.82) is 0 Å². The minimum Gasteiger partial charge on any atom is -0.337 e. The van der Waals surface area contributed by atoms with E-state index in [-0.39, 0.29) is 12.4 Å². The van der Waals surface area contributed by atoms with Gasteiger partial charge in [0.05, 0.1) is 0 Å². The quantitative estimate of drug-likeness (QED) is 0.599. The molecule has 0 rings (SSSR count). The predicted molar refractivity (Wildman–Crippen MR) is 34.4 cm³/mol. The third kappa shape index (κ3) is 3.46. The molecule has 0 saturated carbocycles. The van der Waals surface area contributed by atoms with Gasteiger partial charge in [-0.2, -0.15) is 13.2 Å². The molecule has 0 N–H and O–H groups in total. The molecule has 1 amide bonds. The van der Waals surface area contributed by atoms with E-state index in [1.807, 2.05) is 0 Å². The van der Waals surface area contributed by atoms with E-state index in [1.165, 1.54) is 0 Å². The fourth-order valence-electron chi connectivity index (χ4n) is 0.445. The summed E-state index contributed by atoms with van der Waals surface area (Å²) in [6, 6.07) is 0. The van der Waals surface area contributed by atoms with Crippen molar-refractivity contribution in [2.24, 2.45) is 0 Å². The van der Waals surface area contributed by atoms with Gasteiger partial charge in [-0.1, -0.05) is 0 Å². The van der Waals surface area contributed by atoms with Crippen molar-refractivity contribution in [3.63, 3.8) is 0 Å². The maximum absolute atomic E-state index is 11.6. The van der Waals surface area contributed by atoms with Crippen LogP contribution in [-0.4, -0.2) is 36.5 Å². The SMILES string of the molecule is CN(CCCl)C(=O)C(F)(F)F. The number of carbonyl (C=O) groups excluding carboxylic acids is 1. The van der Waals surface area contributed by atoms with Crippen molar-refractivity contribution < 1.29 is 18.0 Å². The summed E-state index contributed by atoms with van der Waals surface area (Å²) < 4.78 is 34.8. The van der Waals surface area contributed by atoms with Gasteiger partial charge in [0, 0.05) is 19.5 Å². The molecule has 0 heterocycles. The number of hydrogen-bond acceptors (Lipinski definition) is 1. The molecule has 0 aromatic heterocycles. The minimum absolute atomic E-state index is 0.00167. The smallest absolute Gasteiger partial charge is 0.337 e. The number of amides is 1. The molecule has 0 spiro atoms. The number of hydrogen-bond donors (Lipinski definition) is 0. The van der Waals surface area contributed by atoms with Gasteiger partial charge < -0.3 is 4.90 Å². The van der Waals surface area contributed by atoms with Crippen LogP contribution < -0.4 is 0 Å². The normalized spacial score (nSPS) is 11.4. The first-order chi connectivity index (χ1) is 4.89. The van der Waals surface area contributed by atoms with E-state index in [0.717, 1.165) is 7.05 Å². The van der Waals surface area contributed by atoms with E-state index < -0.39 is 12.1 Å². The predicted octanol–water partition coefficient (Wildman–Crippen LogP) is 1.25. The van der Waals surface area contributed by atoms with E-state index in [0.29, 0.717) is 4.90 Å². The fourth-order valence-corrected chi connectivity index (χ4v) is 0.698. The van der Waals surface area contributed by atoms with Crippen LogP contribution in [0.3, 0.4) is 0 Å². The summed E-state index contributed by atoms with van der Waals surface area (Å²) in [7, 11) is 1.05. The van der Waals surface area contributed by atoms with Crippen LogP contribution in [0.2, 0.25) is 0 Å². The lowest BCUT2D eigenvalue weighted by Crippen LogP contribution is -2.39. The van der Waals surface area contributed by atoms with E-state index >= 15 is 0 Å². The minimum atomic E-state index is -4.79. The Kier molecular flexibility index (Phi) is 3.65. The molecule has 0 bridgehead atoms. The molecule has 0 aliphatic rings. The number of nitrogens with zero attached hydrogens (tertiary/aromatic N) is 1. The molecular formula is C5H7ClF3NO. The second-order valence-corrected chi connectivity index (χ2v) is 2.29. The second-order valence-electron chi connectivity index (χ2n) is 1.91. The summed E-state index contributed by atoms with van der Waals surface area (Å²) in [6.07, 6.45) is -4.79. The molecule has 0 atom stereocenters. The standard InChI is InChI=1S/C5H7ClF3NO/c1-10(3-2-6)4(11)5(7,8)9/h2-3H2,1H3. The van der Waals surface area contributed by atoms with Crippen molar-refractivity contribution in [1.82, 2.24) is 4.90 Å². The number of carbonyl (C=O) groups is 1. The lowest BCUT2D eigenvalue weighted by molar-refractivity contribution is -0.183. The highest BCUT2D eigenvalue weighted by molar-refractivity contribution is 6.18. The first kappa shape index (κ1) is 10.6. The van der Waals surface area contributed by atoms with Crippen LogP contribution in [0.4, 0.5) is 13.2 Å². The van der Waals surface area contributed by atoms with Gasteiger partial charge in [0.2, 0.25) is 0 Å². The molecular weight excluding hydrogens is 183 g/mol. The molecule has 0 aromatic carbocycles. The highest BCUT2D eigenvalue weighted by atomic mass is 35.5. The number of alkyl halides is 4. The molecule has 0 aliphatic carbocycles. The van der Waals surface area contributed by atoms with Crippen LogP contribution in [-0.2, 0) is 4.79 Å². The van der Waals surface area contributed by atoms with Crippen LogP contribution in [0, 0.1) is 0 Å². The summed E-state index contributed by atoms with van der Waals surface area (Å²) in [4.78, 5) is 10.8. The topological polar surface area (TPSA) is 20.3 Å². The van der Waals surface area contributed by atoms with Gasteiger partial charge in [0.25, 0.3) is 0 Å². The van der Waals surface area contributed by atoms with Crippen molar-refractivity contribution >= 4 is 17.5 Å². The molecule has 0 radical (unpaired) electrons. The maximum Gasteiger partial charge on any atom is 0.471 e.